The molecular formula is C15H19N3O3. The molecule has 6 nitrogen and oxygen atoms in total. The van der Waals surface area contributed by atoms with Crippen LogP contribution in [0.2, 0.25) is 0 Å². The van der Waals surface area contributed by atoms with Gasteiger partial charge in [-0.1, -0.05) is 0 Å². The largest absolute Gasteiger partial charge is 0.478 e. The van der Waals surface area contributed by atoms with E-state index in [1.165, 1.54) is 18.9 Å². The number of nitrogens with zero attached hydrogens (tertiary/aromatic N) is 2. The molecule has 1 aliphatic rings. The standard InChI is InChI=1S/C15H19N3O3/c1-9(17(2)11-4-5-11)8-18-13-7-10(14(19)20)3-6-12(13)16-15(18)21/h3,6-7,9,11H,4-5,8H2,1-2H3,(H,16,21)(H,19,20). The normalized spacial score (nSPS) is 16.5. The van der Waals surface area contributed by atoms with Crippen LogP contribution in [0, 0.1) is 0 Å². The Labute approximate surface area is 122 Å². The van der Waals surface area contributed by atoms with Gasteiger partial charge in [0.15, 0.2) is 0 Å². The molecule has 1 heterocycles. The average Bonchev–Trinajstić information content (AvgIpc) is 3.24. The molecule has 1 atom stereocenters. The third-order valence-corrected chi connectivity index (χ3v) is 4.29. The van der Waals surface area contributed by atoms with Gasteiger partial charge in [-0.3, -0.25) is 9.47 Å². The number of benzene rings is 1. The fourth-order valence-electron chi connectivity index (χ4n) is 2.70. The third kappa shape index (κ3) is 2.58. The minimum atomic E-state index is -0.986. The number of aromatic amines is 1. The van der Waals surface area contributed by atoms with Crippen LogP contribution in [-0.4, -0.2) is 44.7 Å². The second-order valence-electron chi connectivity index (χ2n) is 5.82. The van der Waals surface area contributed by atoms with Crippen LogP contribution >= 0.6 is 0 Å². The highest BCUT2D eigenvalue weighted by Gasteiger charge is 2.29. The van der Waals surface area contributed by atoms with Gasteiger partial charge in [0.05, 0.1) is 16.6 Å². The van der Waals surface area contributed by atoms with Crippen molar-refractivity contribution in [1.82, 2.24) is 14.5 Å². The number of carbonyl (C=O) groups is 1. The molecule has 2 N–H and O–H groups in total. The minimum absolute atomic E-state index is 0.191. The molecule has 0 amide bonds. The Morgan fingerprint density at radius 2 is 2.24 bits per heavy atom. The summed E-state index contributed by atoms with van der Waals surface area (Å²) in [5, 5.41) is 9.09. The van der Waals surface area contributed by atoms with Crippen molar-refractivity contribution in [2.75, 3.05) is 7.05 Å². The molecule has 1 saturated carbocycles. The first-order chi connectivity index (χ1) is 9.97. The monoisotopic (exact) mass is 289 g/mol. The maximum Gasteiger partial charge on any atom is 0.335 e. The van der Waals surface area contributed by atoms with E-state index in [2.05, 4.69) is 23.9 Å². The van der Waals surface area contributed by atoms with E-state index in [0.29, 0.717) is 23.6 Å². The van der Waals surface area contributed by atoms with Crippen molar-refractivity contribution in [3.8, 4) is 0 Å². The van der Waals surface area contributed by atoms with Crippen molar-refractivity contribution >= 4 is 17.0 Å². The lowest BCUT2D eigenvalue weighted by atomic mass is 10.2. The molecule has 6 heteroatoms. The molecule has 1 aromatic carbocycles. The van der Waals surface area contributed by atoms with Gasteiger partial charge in [-0.25, -0.2) is 9.59 Å². The van der Waals surface area contributed by atoms with Crippen LogP contribution in [0.4, 0.5) is 0 Å². The Morgan fingerprint density at radius 1 is 1.52 bits per heavy atom. The van der Waals surface area contributed by atoms with Crippen molar-refractivity contribution in [2.24, 2.45) is 0 Å². The van der Waals surface area contributed by atoms with E-state index in [0.717, 1.165) is 0 Å². The van der Waals surface area contributed by atoms with Crippen LogP contribution in [-0.2, 0) is 6.54 Å². The summed E-state index contributed by atoms with van der Waals surface area (Å²) in [4.78, 5) is 28.3. The van der Waals surface area contributed by atoms with Gasteiger partial charge >= 0.3 is 11.7 Å². The molecule has 1 unspecified atom stereocenters. The van der Waals surface area contributed by atoms with E-state index in [1.807, 2.05) is 0 Å². The van der Waals surface area contributed by atoms with Crippen LogP contribution < -0.4 is 5.69 Å². The zero-order valence-electron chi connectivity index (χ0n) is 12.2. The van der Waals surface area contributed by atoms with Crippen LogP contribution in [0.5, 0.6) is 0 Å². The van der Waals surface area contributed by atoms with Gasteiger partial charge in [-0.2, -0.15) is 0 Å². The molecule has 0 aliphatic heterocycles. The van der Waals surface area contributed by atoms with Crippen LogP contribution in [0.25, 0.3) is 11.0 Å². The number of H-pyrrole nitrogens is 1. The Bertz CT molecular complexity index is 742. The molecule has 1 fully saturated rings. The van der Waals surface area contributed by atoms with E-state index < -0.39 is 5.97 Å². The number of aromatic nitrogens is 2. The number of rotatable bonds is 5. The molecule has 21 heavy (non-hydrogen) atoms. The molecular weight excluding hydrogens is 270 g/mol. The fraction of sp³-hybridized carbons (Fsp3) is 0.467. The van der Waals surface area contributed by atoms with Gasteiger partial charge in [0.25, 0.3) is 0 Å². The molecule has 0 spiro atoms. The summed E-state index contributed by atoms with van der Waals surface area (Å²) in [6.45, 7) is 2.64. The molecule has 0 saturated heterocycles. The molecule has 2 aromatic rings. The first kappa shape index (κ1) is 13.9. The number of carboxylic acids is 1. The Hall–Kier alpha value is -2.08. The highest BCUT2D eigenvalue weighted by Crippen LogP contribution is 2.27. The van der Waals surface area contributed by atoms with E-state index in [4.69, 9.17) is 5.11 Å². The van der Waals surface area contributed by atoms with E-state index >= 15 is 0 Å². The molecule has 0 bridgehead atoms. The SMILES string of the molecule is CC(Cn1c(=O)[nH]c2ccc(C(=O)O)cc21)N(C)C1CC1. The van der Waals surface area contributed by atoms with Crippen LogP contribution in [0.15, 0.2) is 23.0 Å². The number of fused-ring (bicyclic) bond motifs is 1. The van der Waals surface area contributed by atoms with Crippen molar-refractivity contribution in [3.63, 3.8) is 0 Å². The molecule has 3 rings (SSSR count). The Morgan fingerprint density at radius 3 is 2.86 bits per heavy atom. The lowest BCUT2D eigenvalue weighted by Crippen LogP contribution is -2.36. The number of hydrogen-bond acceptors (Lipinski definition) is 3. The summed E-state index contributed by atoms with van der Waals surface area (Å²) >= 11 is 0. The second-order valence-corrected chi connectivity index (χ2v) is 5.82. The highest BCUT2D eigenvalue weighted by molar-refractivity contribution is 5.92. The van der Waals surface area contributed by atoms with Crippen molar-refractivity contribution in [1.29, 1.82) is 0 Å². The molecule has 1 aromatic heterocycles. The van der Waals surface area contributed by atoms with Gasteiger partial charge in [-0.05, 0) is 45.0 Å². The minimum Gasteiger partial charge on any atom is -0.478 e. The summed E-state index contributed by atoms with van der Waals surface area (Å²) < 4.78 is 1.63. The second kappa shape index (κ2) is 5.04. The first-order valence-corrected chi connectivity index (χ1v) is 7.15. The molecule has 112 valence electrons. The van der Waals surface area contributed by atoms with E-state index in [1.54, 1.807) is 16.7 Å². The smallest absolute Gasteiger partial charge is 0.335 e. The average molecular weight is 289 g/mol. The van der Waals surface area contributed by atoms with Crippen LogP contribution in [0.1, 0.15) is 30.1 Å². The zero-order valence-corrected chi connectivity index (χ0v) is 12.2. The summed E-state index contributed by atoms with van der Waals surface area (Å²) in [6, 6.07) is 5.55. The van der Waals surface area contributed by atoms with Crippen molar-refractivity contribution < 1.29 is 9.90 Å². The third-order valence-electron chi connectivity index (χ3n) is 4.29. The number of hydrogen-bond donors (Lipinski definition) is 2. The lowest BCUT2D eigenvalue weighted by Gasteiger charge is -2.24. The quantitative estimate of drug-likeness (QED) is 0.874. The Kier molecular flexibility index (Phi) is 3.33. The van der Waals surface area contributed by atoms with Crippen molar-refractivity contribution in [3.05, 3.63) is 34.2 Å². The topological polar surface area (TPSA) is 78.3 Å². The first-order valence-electron chi connectivity index (χ1n) is 7.15. The molecule has 1 aliphatic carbocycles. The van der Waals surface area contributed by atoms with Gasteiger partial charge < -0.3 is 10.1 Å². The predicted octanol–water partition coefficient (Wildman–Crippen LogP) is 1.51. The number of likely N-dealkylation sites (N-methyl/N-ethyl adjacent to an activating group) is 1. The van der Waals surface area contributed by atoms with Crippen molar-refractivity contribution in [2.45, 2.75) is 38.4 Å². The van der Waals surface area contributed by atoms with Gasteiger partial charge in [0.2, 0.25) is 0 Å². The van der Waals surface area contributed by atoms with Crippen LogP contribution in [0.3, 0.4) is 0 Å². The number of nitrogens with one attached hydrogen (secondary N) is 1. The maximum absolute atomic E-state index is 12.1. The Balaban J connectivity index is 1.96. The number of aromatic carboxylic acids is 1. The molecule has 0 radical (unpaired) electrons. The van der Waals surface area contributed by atoms with Gasteiger partial charge in [0.1, 0.15) is 0 Å². The zero-order chi connectivity index (χ0) is 15.1. The van der Waals surface area contributed by atoms with Gasteiger partial charge in [0, 0.05) is 18.6 Å². The maximum atomic E-state index is 12.1. The summed E-state index contributed by atoms with van der Waals surface area (Å²) in [5.41, 5.74) is 1.32. The summed E-state index contributed by atoms with van der Waals surface area (Å²) in [5.74, 6) is -0.986. The summed E-state index contributed by atoms with van der Waals surface area (Å²) in [6.07, 6.45) is 2.43. The predicted molar refractivity (Wildman–Crippen MR) is 79.8 cm³/mol. The van der Waals surface area contributed by atoms with E-state index in [-0.39, 0.29) is 17.3 Å². The fourth-order valence-corrected chi connectivity index (χ4v) is 2.70. The van der Waals surface area contributed by atoms with E-state index in [9.17, 15) is 9.59 Å². The lowest BCUT2D eigenvalue weighted by molar-refractivity contribution is 0.0697. The van der Waals surface area contributed by atoms with Gasteiger partial charge in [-0.15, -0.1) is 0 Å². The number of carboxylic acid groups (broad SMARTS) is 1. The highest BCUT2D eigenvalue weighted by atomic mass is 16.4. The number of imidazole rings is 1. The summed E-state index contributed by atoms with van der Waals surface area (Å²) in [7, 11) is 2.07.